The van der Waals surface area contributed by atoms with Crippen LogP contribution in [0.5, 0.6) is 0 Å². The summed E-state index contributed by atoms with van der Waals surface area (Å²) < 4.78 is 8.18. The van der Waals surface area contributed by atoms with Crippen LogP contribution in [0.15, 0.2) is 16.9 Å². The van der Waals surface area contributed by atoms with Crippen LogP contribution in [-0.2, 0) is 4.74 Å². The minimum Gasteiger partial charge on any atom is -0.444 e. The lowest BCUT2D eigenvalue weighted by molar-refractivity contribution is 0.0196. The van der Waals surface area contributed by atoms with Crippen molar-refractivity contribution in [3.8, 4) is 0 Å². The van der Waals surface area contributed by atoms with Crippen molar-refractivity contribution in [2.75, 3.05) is 18.8 Å². The van der Waals surface area contributed by atoms with Gasteiger partial charge in [0, 0.05) is 29.2 Å². The number of hydrogen-bond acceptors (Lipinski definition) is 5. The molecule has 0 bridgehead atoms. The van der Waals surface area contributed by atoms with Gasteiger partial charge in [0.15, 0.2) is 5.82 Å². The Hall–Kier alpha value is -1.83. The number of nitrogen functional groups attached to an aromatic ring is 1. The van der Waals surface area contributed by atoms with Crippen molar-refractivity contribution in [2.24, 2.45) is 0 Å². The molecule has 0 radical (unpaired) electrons. The average molecular weight is 396 g/mol. The third-order valence-electron chi connectivity index (χ3n) is 4.06. The van der Waals surface area contributed by atoms with Gasteiger partial charge in [-0.25, -0.2) is 14.3 Å². The summed E-state index contributed by atoms with van der Waals surface area (Å²) in [7, 11) is 0. The van der Waals surface area contributed by atoms with E-state index in [0.717, 1.165) is 28.5 Å². The number of carbonyl (C=O) groups excluding carboxylic acids is 1. The molecule has 0 unspecified atom stereocenters. The topological polar surface area (TPSA) is 85.8 Å². The molecule has 1 aliphatic heterocycles. The fourth-order valence-electron chi connectivity index (χ4n) is 3.05. The molecule has 24 heavy (non-hydrogen) atoms. The predicted octanol–water partition coefficient (Wildman–Crippen LogP) is 3.19. The molecule has 0 saturated carbocycles. The standard InChI is InChI=1S/C16H22BrN5O2/c1-16(2,3)24-15(23)21-6-4-5-10(8-21)12-7-11(17)13-14(18)19-9-20-22(12)13/h7,9-10H,4-6,8H2,1-3H3,(H2,18,19,20)/t10-/m1/s1. The smallest absolute Gasteiger partial charge is 0.410 e. The molecule has 0 spiro atoms. The first-order chi connectivity index (χ1) is 11.3. The number of anilines is 1. The minimum atomic E-state index is -0.490. The highest BCUT2D eigenvalue weighted by Crippen LogP contribution is 2.33. The summed E-state index contributed by atoms with van der Waals surface area (Å²) in [6.07, 6.45) is 3.10. The number of ether oxygens (including phenoxy) is 1. The van der Waals surface area contributed by atoms with E-state index in [2.05, 4.69) is 26.0 Å². The van der Waals surface area contributed by atoms with Crippen molar-refractivity contribution in [1.29, 1.82) is 0 Å². The number of nitrogens with two attached hydrogens (primary N) is 1. The Balaban J connectivity index is 1.86. The van der Waals surface area contributed by atoms with E-state index in [-0.39, 0.29) is 12.0 Å². The maximum atomic E-state index is 12.4. The second-order valence-corrected chi connectivity index (χ2v) is 7.94. The van der Waals surface area contributed by atoms with Gasteiger partial charge in [0.1, 0.15) is 17.4 Å². The van der Waals surface area contributed by atoms with E-state index in [1.807, 2.05) is 31.4 Å². The Bertz CT molecular complexity index is 768. The molecular weight excluding hydrogens is 374 g/mol. The lowest BCUT2D eigenvalue weighted by atomic mass is 9.95. The van der Waals surface area contributed by atoms with Gasteiger partial charge in [-0.15, -0.1) is 0 Å². The van der Waals surface area contributed by atoms with E-state index >= 15 is 0 Å². The first kappa shape index (κ1) is 17.0. The quantitative estimate of drug-likeness (QED) is 0.800. The molecule has 0 aliphatic carbocycles. The van der Waals surface area contributed by atoms with Crippen molar-refractivity contribution >= 4 is 33.4 Å². The molecule has 1 fully saturated rings. The van der Waals surface area contributed by atoms with Crippen molar-refractivity contribution in [3.63, 3.8) is 0 Å². The largest absolute Gasteiger partial charge is 0.444 e. The number of halogens is 1. The number of rotatable bonds is 1. The maximum absolute atomic E-state index is 12.4. The predicted molar refractivity (Wildman–Crippen MR) is 94.9 cm³/mol. The second-order valence-electron chi connectivity index (χ2n) is 7.09. The van der Waals surface area contributed by atoms with Crippen LogP contribution < -0.4 is 5.73 Å². The number of carbonyl (C=O) groups is 1. The van der Waals surface area contributed by atoms with Gasteiger partial charge in [0.05, 0.1) is 0 Å². The average Bonchev–Trinajstić information content (AvgIpc) is 2.84. The molecule has 2 N–H and O–H groups in total. The Labute approximate surface area is 149 Å². The van der Waals surface area contributed by atoms with E-state index in [4.69, 9.17) is 10.5 Å². The lowest BCUT2D eigenvalue weighted by Gasteiger charge is -2.34. The summed E-state index contributed by atoms with van der Waals surface area (Å²) in [5.74, 6) is 0.613. The Morgan fingerprint density at radius 1 is 1.46 bits per heavy atom. The van der Waals surface area contributed by atoms with Gasteiger partial charge in [-0.1, -0.05) is 0 Å². The van der Waals surface area contributed by atoms with Crippen LogP contribution in [-0.4, -0.2) is 44.3 Å². The second kappa shape index (κ2) is 6.23. The molecule has 2 aromatic rings. The number of hydrogen-bond donors (Lipinski definition) is 1. The van der Waals surface area contributed by atoms with Gasteiger partial charge in [0.2, 0.25) is 0 Å². The van der Waals surface area contributed by atoms with Crippen LogP contribution >= 0.6 is 15.9 Å². The molecule has 1 saturated heterocycles. The summed E-state index contributed by atoms with van der Waals surface area (Å²) in [5, 5.41) is 4.33. The molecule has 1 aliphatic rings. The molecule has 3 rings (SSSR count). The van der Waals surface area contributed by atoms with Crippen LogP contribution in [0.3, 0.4) is 0 Å². The number of nitrogens with zero attached hydrogens (tertiary/aromatic N) is 4. The van der Waals surface area contributed by atoms with Crippen molar-refractivity contribution in [2.45, 2.75) is 45.1 Å². The highest BCUT2D eigenvalue weighted by molar-refractivity contribution is 9.10. The Morgan fingerprint density at radius 3 is 2.92 bits per heavy atom. The molecule has 7 nitrogen and oxygen atoms in total. The SMILES string of the molecule is CC(C)(C)OC(=O)N1CCC[C@@H](c2cc(Br)c3c(N)ncnn23)C1. The van der Waals surface area contributed by atoms with Crippen LogP contribution in [0.25, 0.3) is 5.52 Å². The minimum absolute atomic E-state index is 0.180. The molecule has 3 heterocycles. The van der Waals surface area contributed by atoms with Crippen LogP contribution in [0.4, 0.5) is 10.6 Å². The number of amides is 1. The van der Waals surface area contributed by atoms with Gasteiger partial charge < -0.3 is 15.4 Å². The molecule has 1 amide bonds. The van der Waals surface area contributed by atoms with Crippen LogP contribution in [0.2, 0.25) is 0 Å². The van der Waals surface area contributed by atoms with E-state index in [1.54, 1.807) is 4.90 Å². The zero-order chi connectivity index (χ0) is 17.5. The maximum Gasteiger partial charge on any atom is 0.410 e. The third kappa shape index (κ3) is 3.33. The monoisotopic (exact) mass is 395 g/mol. The van der Waals surface area contributed by atoms with Crippen molar-refractivity contribution in [3.05, 3.63) is 22.6 Å². The zero-order valence-corrected chi connectivity index (χ0v) is 15.7. The third-order valence-corrected chi connectivity index (χ3v) is 4.66. The van der Waals surface area contributed by atoms with Gasteiger partial charge in [0.25, 0.3) is 0 Å². The van der Waals surface area contributed by atoms with Crippen molar-refractivity contribution < 1.29 is 9.53 Å². The Morgan fingerprint density at radius 2 is 2.21 bits per heavy atom. The summed E-state index contributed by atoms with van der Waals surface area (Å²) in [5.41, 5.74) is 7.26. The van der Waals surface area contributed by atoms with Crippen LogP contribution in [0.1, 0.15) is 45.2 Å². The Kier molecular flexibility index (Phi) is 4.42. The first-order valence-electron chi connectivity index (χ1n) is 8.02. The first-order valence-corrected chi connectivity index (χ1v) is 8.81. The molecule has 1 atom stereocenters. The summed E-state index contributed by atoms with van der Waals surface area (Å²) >= 11 is 3.53. The summed E-state index contributed by atoms with van der Waals surface area (Å²) in [6.45, 7) is 6.96. The normalized spacial score (nSPS) is 18.8. The van der Waals surface area contributed by atoms with Crippen molar-refractivity contribution in [1.82, 2.24) is 19.5 Å². The van der Waals surface area contributed by atoms with E-state index in [9.17, 15) is 4.79 Å². The molecule has 130 valence electrons. The fourth-order valence-corrected chi connectivity index (χ4v) is 3.65. The summed E-state index contributed by atoms with van der Waals surface area (Å²) in [6, 6.07) is 2.02. The van der Waals surface area contributed by atoms with Crippen LogP contribution in [0, 0.1) is 0 Å². The molecule has 0 aromatic carbocycles. The molecule has 2 aromatic heterocycles. The van der Waals surface area contributed by atoms with E-state index in [1.165, 1.54) is 6.33 Å². The number of likely N-dealkylation sites (tertiary alicyclic amines) is 1. The molecule has 8 heteroatoms. The molecular formula is C16H22BrN5O2. The highest BCUT2D eigenvalue weighted by atomic mass is 79.9. The van der Waals surface area contributed by atoms with E-state index in [0.29, 0.717) is 18.9 Å². The lowest BCUT2D eigenvalue weighted by Crippen LogP contribution is -2.42. The van der Waals surface area contributed by atoms with Gasteiger partial charge >= 0.3 is 6.09 Å². The van der Waals surface area contributed by atoms with Gasteiger partial charge in [-0.2, -0.15) is 5.10 Å². The summed E-state index contributed by atoms with van der Waals surface area (Å²) in [4.78, 5) is 18.2. The number of fused-ring (bicyclic) bond motifs is 1. The highest BCUT2D eigenvalue weighted by Gasteiger charge is 2.30. The van der Waals surface area contributed by atoms with Gasteiger partial charge in [-0.05, 0) is 55.6 Å². The fraction of sp³-hybridized carbons (Fsp3) is 0.562. The van der Waals surface area contributed by atoms with Gasteiger partial charge in [-0.3, -0.25) is 0 Å². The zero-order valence-electron chi connectivity index (χ0n) is 14.1. The van der Waals surface area contributed by atoms with E-state index < -0.39 is 5.60 Å². The number of piperidine rings is 1. The number of aromatic nitrogens is 3.